The first-order valence-corrected chi connectivity index (χ1v) is 9.01. The summed E-state index contributed by atoms with van der Waals surface area (Å²) in [5, 5.41) is 1.44. The Bertz CT molecular complexity index is 433. The fraction of sp³-hybridized carbons (Fsp3) is 0.500. The Hall–Kier alpha value is -0.360. The monoisotopic (exact) mass is 330 g/mol. The molecular weight excluding hydrogens is 312 g/mol. The minimum Gasteiger partial charge on any atom is -0.379 e. The number of benzene rings is 1. The molecule has 0 unspecified atom stereocenters. The van der Waals surface area contributed by atoms with E-state index in [0.717, 1.165) is 36.0 Å². The number of thioether (sulfide) groups is 2. The molecule has 0 aliphatic carbocycles. The van der Waals surface area contributed by atoms with Gasteiger partial charge in [0, 0.05) is 28.0 Å². The van der Waals surface area contributed by atoms with Gasteiger partial charge in [-0.25, -0.2) is 0 Å². The zero-order valence-corrected chi connectivity index (χ0v) is 13.6. The number of nitrogens with zero attached hydrogens (tertiary/aromatic N) is 1. The summed E-state index contributed by atoms with van der Waals surface area (Å²) in [5.41, 5.74) is 5.88. The molecule has 0 amide bonds. The predicted octanol–water partition coefficient (Wildman–Crippen LogP) is 3.66. The molecule has 0 spiro atoms. The van der Waals surface area contributed by atoms with E-state index >= 15 is 0 Å². The molecule has 1 aromatic rings. The third kappa shape index (κ3) is 5.95. The minimum absolute atomic E-state index is 0.276. The summed E-state index contributed by atoms with van der Waals surface area (Å²) >= 11 is 9.25. The van der Waals surface area contributed by atoms with Gasteiger partial charge in [0.2, 0.25) is 0 Å². The highest BCUT2D eigenvalue weighted by molar-refractivity contribution is 8.14. The fourth-order valence-electron chi connectivity index (χ4n) is 1.86. The Morgan fingerprint density at radius 2 is 2.15 bits per heavy atom. The Balaban J connectivity index is 1.59. The highest BCUT2D eigenvalue weighted by Crippen LogP contribution is 2.21. The second-order valence-electron chi connectivity index (χ2n) is 4.46. The van der Waals surface area contributed by atoms with Crippen LogP contribution in [0.5, 0.6) is 0 Å². The first-order valence-electron chi connectivity index (χ1n) is 6.67. The van der Waals surface area contributed by atoms with Crippen LogP contribution < -0.4 is 5.73 Å². The van der Waals surface area contributed by atoms with Crippen molar-refractivity contribution in [2.75, 3.05) is 24.7 Å². The molecule has 2 rings (SSSR count). The average molecular weight is 331 g/mol. The standard InChI is InChI=1S/C14H19ClN2OS2/c15-11-3-5-13(6-4-11)19-8-9-20-14(16)17-10-12-2-1-7-18-12/h3-6,12H,1-2,7-10H2,(H2,16,17)/t12-/m1/s1. The van der Waals surface area contributed by atoms with E-state index < -0.39 is 0 Å². The van der Waals surface area contributed by atoms with Crippen molar-refractivity contribution in [1.29, 1.82) is 0 Å². The molecule has 0 radical (unpaired) electrons. The topological polar surface area (TPSA) is 47.6 Å². The van der Waals surface area contributed by atoms with Crippen molar-refractivity contribution < 1.29 is 4.74 Å². The average Bonchev–Trinajstić information content (AvgIpc) is 2.96. The minimum atomic E-state index is 0.276. The summed E-state index contributed by atoms with van der Waals surface area (Å²) in [6.45, 7) is 1.56. The lowest BCUT2D eigenvalue weighted by Gasteiger charge is -2.06. The van der Waals surface area contributed by atoms with Crippen LogP contribution >= 0.6 is 35.1 Å². The number of nitrogens with two attached hydrogens (primary N) is 1. The van der Waals surface area contributed by atoms with Crippen LogP contribution in [-0.4, -0.2) is 35.9 Å². The lowest BCUT2D eigenvalue weighted by molar-refractivity contribution is 0.118. The summed E-state index contributed by atoms with van der Waals surface area (Å²) in [7, 11) is 0. The molecule has 1 atom stereocenters. The maximum atomic E-state index is 5.88. The summed E-state index contributed by atoms with van der Waals surface area (Å²) in [6.07, 6.45) is 2.52. The maximum Gasteiger partial charge on any atom is 0.154 e. The van der Waals surface area contributed by atoms with Gasteiger partial charge in [0.25, 0.3) is 0 Å². The van der Waals surface area contributed by atoms with E-state index in [1.807, 2.05) is 24.3 Å². The fourth-order valence-corrected chi connectivity index (χ4v) is 3.59. The van der Waals surface area contributed by atoms with Crippen LogP contribution in [0.1, 0.15) is 12.8 Å². The van der Waals surface area contributed by atoms with Crippen molar-refractivity contribution in [3.05, 3.63) is 29.3 Å². The van der Waals surface area contributed by atoms with Crippen molar-refractivity contribution in [3.63, 3.8) is 0 Å². The highest BCUT2D eigenvalue weighted by Gasteiger charge is 2.14. The molecular formula is C14H19ClN2OS2. The SMILES string of the molecule is NC(=NC[C@H]1CCCO1)SCCSc1ccc(Cl)cc1. The summed E-state index contributed by atoms with van der Waals surface area (Å²) in [6, 6.07) is 7.89. The van der Waals surface area contributed by atoms with Crippen LogP contribution in [0.15, 0.2) is 34.2 Å². The highest BCUT2D eigenvalue weighted by atomic mass is 35.5. The van der Waals surface area contributed by atoms with Gasteiger partial charge in [-0.2, -0.15) is 0 Å². The molecule has 1 fully saturated rings. The molecule has 0 bridgehead atoms. The summed E-state index contributed by atoms with van der Waals surface area (Å²) in [5.74, 6) is 1.95. The second kappa shape index (κ2) is 8.82. The van der Waals surface area contributed by atoms with Crippen molar-refractivity contribution in [1.82, 2.24) is 0 Å². The van der Waals surface area contributed by atoms with Crippen LogP contribution in [0, 0.1) is 0 Å². The van der Waals surface area contributed by atoms with E-state index in [0.29, 0.717) is 11.7 Å². The maximum absolute atomic E-state index is 5.88. The Morgan fingerprint density at radius 3 is 2.85 bits per heavy atom. The van der Waals surface area contributed by atoms with Crippen LogP contribution in [0.3, 0.4) is 0 Å². The van der Waals surface area contributed by atoms with Gasteiger partial charge in [-0.3, -0.25) is 4.99 Å². The number of ether oxygens (including phenoxy) is 1. The number of rotatable bonds is 6. The van der Waals surface area contributed by atoms with Crippen molar-refractivity contribution >= 4 is 40.3 Å². The quantitative estimate of drug-likeness (QED) is 0.374. The van der Waals surface area contributed by atoms with Gasteiger partial charge in [0.05, 0.1) is 12.6 Å². The lowest BCUT2D eigenvalue weighted by Crippen LogP contribution is -2.15. The largest absolute Gasteiger partial charge is 0.379 e. The van der Waals surface area contributed by atoms with Crippen LogP contribution in [-0.2, 0) is 4.74 Å². The number of hydrogen-bond donors (Lipinski definition) is 1. The van der Waals surface area contributed by atoms with Crippen molar-refractivity contribution in [2.45, 2.75) is 23.8 Å². The summed E-state index contributed by atoms with van der Waals surface area (Å²) < 4.78 is 5.51. The van der Waals surface area contributed by atoms with E-state index in [2.05, 4.69) is 4.99 Å². The number of hydrogen-bond acceptors (Lipinski definition) is 4. The zero-order valence-electron chi connectivity index (χ0n) is 11.3. The lowest BCUT2D eigenvalue weighted by atomic mass is 10.2. The van der Waals surface area contributed by atoms with Gasteiger partial charge >= 0.3 is 0 Å². The third-order valence-corrected chi connectivity index (χ3v) is 5.25. The number of aliphatic imine (C=N–C) groups is 1. The molecule has 110 valence electrons. The van der Waals surface area contributed by atoms with Crippen LogP contribution in [0.25, 0.3) is 0 Å². The van der Waals surface area contributed by atoms with Gasteiger partial charge in [0.1, 0.15) is 0 Å². The van der Waals surface area contributed by atoms with E-state index in [-0.39, 0.29) is 6.10 Å². The molecule has 1 aromatic carbocycles. The molecule has 6 heteroatoms. The third-order valence-electron chi connectivity index (χ3n) is 2.89. The predicted molar refractivity (Wildman–Crippen MR) is 90.1 cm³/mol. The van der Waals surface area contributed by atoms with Crippen LogP contribution in [0.4, 0.5) is 0 Å². The van der Waals surface area contributed by atoms with E-state index in [1.165, 1.54) is 4.90 Å². The molecule has 3 nitrogen and oxygen atoms in total. The van der Waals surface area contributed by atoms with E-state index in [9.17, 15) is 0 Å². The van der Waals surface area contributed by atoms with Gasteiger partial charge in [0.15, 0.2) is 5.17 Å². The Kier molecular flexibility index (Phi) is 7.07. The first-order chi connectivity index (χ1) is 9.74. The van der Waals surface area contributed by atoms with Gasteiger partial charge in [-0.1, -0.05) is 23.4 Å². The van der Waals surface area contributed by atoms with Gasteiger partial charge in [-0.15, -0.1) is 11.8 Å². The molecule has 2 N–H and O–H groups in total. The first kappa shape index (κ1) is 16.0. The Labute approximate surface area is 133 Å². The van der Waals surface area contributed by atoms with Crippen LogP contribution in [0.2, 0.25) is 5.02 Å². The van der Waals surface area contributed by atoms with E-state index in [4.69, 9.17) is 22.1 Å². The van der Waals surface area contributed by atoms with Crippen molar-refractivity contribution in [2.24, 2.45) is 10.7 Å². The number of amidine groups is 1. The molecule has 0 aromatic heterocycles. The van der Waals surface area contributed by atoms with Gasteiger partial charge in [-0.05, 0) is 37.1 Å². The van der Waals surface area contributed by atoms with Gasteiger partial charge < -0.3 is 10.5 Å². The van der Waals surface area contributed by atoms with E-state index in [1.54, 1.807) is 23.5 Å². The second-order valence-corrected chi connectivity index (χ2v) is 7.18. The molecule has 1 aliphatic rings. The molecule has 1 heterocycles. The smallest absolute Gasteiger partial charge is 0.154 e. The summed E-state index contributed by atoms with van der Waals surface area (Å²) in [4.78, 5) is 5.59. The molecule has 0 saturated carbocycles. The van der Waals surface area contributed by atoms with Crippen molar-refractivity contribution in [3.8, 4) is 0 Å². The number of halogens is 1. The Morgan fingerprint density at radius 1 is 1.35 bits per heavy atom. The molecule has 1 aliphatic heterocycles. The zero-order chi connectivity index (χ0) is 14.2. The molecule has 20 heavy (non-hydrogen) atoms. The molecule has 1 saturated heterocycles. The normalized spacial score (nSPS) is 19.4.